The molecule has 7 heteroatoms. The van der Waals surface area contributed by atoms with Crippen LogP contribution in [0.25, 0.3) is 0 Å². The second-order valence-corrected chi connectivity index (χ2v) is 4.36. The first-order valence-corrected chi connectivity index (χ1v) is 5.76. The summed E-state index contributed by atoms with van der Waals surface area (Å²) in [6.45, 7) is 0.305. The number of carbonyl (C=O) groups is 2. The minimum absolute atomic E-state index is 0.00485. The van der Waals surface area contributed by atoms with Crippen molar-refractivity contribution in [2.75, 3.05) is 7.05 Å². The van der Waals surface area contributed by atoms with E-state index in [1.54, 1.807) is 12.1 Å². The molecule has 1 heterocycles. The van der Waals surface area contributed by atoms with Gasteiger partial charge in [-0.05, 0) is 5.56 Å². The number of non-ortho nitro benzene ring substituents is 1. The monoisotopic (exact) mass is 263 g/mol. The van der Waals surface area contributed by atoms with E-state index in [9.17, 15) is 19.7 Å². The van der Waals surface area contributed by atoms with Gasteiger partial charge in [-0.25, -0.2) is 0 Å². The fourth-order valence-corrected chi connectivity index (χ4v) is 1.94. The van der Waals surface area contributed by atoms with Gasteiger partial charge in [-0.1, -0.05) is 12.1 Å². The summed E-state index contributed by atoms with van der Waals surface area (Å²) in [5.74, 6) is -0.489. The maximum Gasteiger partial charge on any atom is 0.269 e. The van der Waals surface area contributed by atoms with Crippen LogP contribution in [0.1, 0.15) is 12.0 Å². The van der Waals surface area contributed by atoms with E-state index in [2.05, 4.69) is 5.32 Å². The highest BCUT2D eigenvalue weighted by molar-refractivity contribution is 6.05. The average Bonchev–Trinajstić information content (AvgIpc) is 2.64. The van der Waals surface area contributed by atoms with Gasteiger partial charge < -0.3 is 5.32 Å². The van der Waals surface area contributed by atoms with Crippen molar-refractivity contribution in [3.8, 4) is 0 Å². The van der Waals surface area contributed by atoms with Crippen LogP contribution in [0, 0.1) is 10.1 Å². The Bertz CT molecular complexity index is 544. The smallest absolute Gasteiger partial charge is 0.269 e. The van der Waals surface area contributed by atoms with E-state index < -0.39 is 11.0 Å². The zero-order valence-corrected chi connectivity index (χ0v) is 10.3. The molecule has 2 amide bonds. The lowest BCUT2D eigenvalue weighted by Gasteiger charge is -2.10. The fraction of sp³-hybridized carbons (Fsp3) is 0.333. The third-order valence-corrected chi connectivity index (χ3v) is 3.06. The zero-order chi connectivity index (χ0) is 14.0. The Balaban J connectivity index is 2.00. The Kier molecular flexibility index (Phi) is 3.57. The summed E-state index contributed by atoms with van der Waals surface area (Å²) in [5, 5.41) is 13.6. The van der Waals surface area contributed by atoms with Gasteiger partial charge in [0, 0.05) is 25.7 Å². The van der Waals surface area contributed by atoms with E-state index in [-0.39, 0.29) is 23.9 Å². The van der Waals surface area contributed by atoms with Crippen molar-refractivity contribution in [2.24, 2.45) is 0 Å². The van der Waals surface area contributed by atoms with Gasteiger partial charge in [-0.15, -0.1) is 0 Å². The third kappa shape index (κ3) is 2.76. The lowest BCUT2D eigenvalue weighted by atomic mass is 10.1. The van der Waals surface area contributed by atoms with Crippen LogP contribution >= 0.6 is 0 Å². The van der Waals surface area contributed by atoms with Crippen LogP contribution in [-0.4, -0.2) is 34.7 Å². The molecule has 2 rings (SSSR count). The third-order valence-electron chi connectivity index (χ3n) is 3.06. The van der Waals surface area contributed by atoms with E-state index >= 15 is 0 Å². The highest BCUT2D eigenvalue weighted by Crippen LogP contribution is 2.15. The van der Waals surface area contributed by atoms with Gasteiger partial charge in [0.15, 0.2) is 0 Å². The Labute approximate surface area is 109 Å². The van der Waals surface area contributed by atoms with Crippen LogP contribution in [0.2, 0.25) is 0 Å². The number of hydrogen-bond acceptors (Lipinski definition) is 5. The van der Waals surface area contributed by atoms with Crippen LogP contribution in [0.3, 0.4) is 0 Å². The van der Waals surface area contributed by atoms with Crippen molar-refractivity contribution >= 4 is 17.5 Å². The molecule has 1 N–H and O–H groups in total. The van der Waals surface area contributed by atoms with Crippen molar-refractivity contribution in [3.63, 3.8) is 0 Å². The number of likely N-dealkylation sites (N-methyl/N-ethyl adjacent to an activating group) is 1. The maximum atomic E-state index is 11.6. The van der Waals surface area contributed by atoms with E-state index in [1.165, 1.54) is 19.2 Å². The minimum atomic E-state index is -0.545. The average molecular weight is 263 g/mol. The summed E-state index contributed by atoms with van der Waals surface area (Å²) >= 11 is 0. The summed E-state index contributed by atoms with van der Waals surface area (Å²) in [4.78, 5) is 34.2. The minimum Gasteiger partial charge on any atom is -0.301 e. The highest BCUT2D eigenvalue weighted by Gasteiger charge is 2.35. The predicted octanol–water partition coefficient (Wildman–Crippen LogP) is 0.442. The molecule has 0 saturated carbocycles. The number of amides is 2. The number of nitrogens with one attached hydrogen (secondary N) is 1. The van der Waals surface area contributed by atoms with Crippen molar-refractivity contribution in [1.82, 2.24) is 10.2 Å². The lowest BCUT2D eigenvalue weighted by Crippen LogP contribution is -2.36. The van der Waals surface area contributed by atoms with Gasteiger partial charge >= 0.3 is 0 Å². The van der Waals surface area contributed by atoms with Gasteiger partial charge in [0.25, 0.3) is 5.69 Å². The summed E-state index contributed by atoms with van der Waals surface area (Å²) < 4.78 is 0. The topological polar surface area (TPSA) is 92.6 Å². The van der Waals surface area contributed by atoms with Gasteiger partial charge in [-0.2, -0.15) is 0 Å². The van der Waals surface area contributed by atoms with Crippen LogP contribution < -0.4 is 5.32 Å². The number of hydrogen-bond donors (Lipinski definition) is 1. The van der Waals surface area contributed by atoms with E-state index in [0.717, 1.165) is 4.90 Å². The molecule has 0 bridgehead atoms. The molecule has 0 aromatic heterocycles. The van der Waals surface area contributed by atoms with Gasteiger partial charge in [-0.3, -0.25) is 24.6 Å². The van der Waals surface area contributed by atoms with Crippen LogP contribution in [0.15, 0.2) is 24.3 Å². The molecule has 0 aliphatic carbocycles. The first-order valence-electron chi connectivity index (χ1n) is 5.76. The van der Waals surface area contributed by atoms with Crippen LogP contribution in [0.5, 0.6) is 0 Å². The molecule has 100 valence electrons. The quantitative estimate of drug-likeness (QED) is 0.483. The number of imide groups is 1. The first kappa shape index (κ1) is 13.2. The van der Waals surface area contributed by atoms with Gasteiger partial charge in [0.05, 0.1) is 17.4 Å². The molecule has 1 aromatic carbocycles. The van der Waals surface area contributed by atoms with Gasteiger partial charge in [0.2, 0.25) is 11.8 Å². The van der Waals surface area contributed by atoms with Crippen molar-refractivity contribution in [3.05, 3.63) is 39.9 Å². The first-order chi connectivity index (χ1) is 8.99. The van der Waals surface area contributed by atoms with Crippen molar-refractivity contribution in [2.45, 2.75) is 19.0 Å². The zero-order valence-electron chi connectivity index (χ0n) is 10.3. The Morgan fingerprint density at radius 2 is 2.21 bits per heavy atom. The van der Waals surface area contributed by atoms with E-state index in [1.807, 2.05) is 0 Å². The maximum absolute atomic E-state index is 11.6. The van der Waals surface area contributed by atoms with Crippen molar-refractivity contribution in [1.29, 1.82) is 0 Å². The Morgan fingerprint density at radius 3 is 2.79 bits per heavy atom. The standard InChI is InChI=1S/C12H13N3O4/c1-14-11(16)6-10(12(14)17)13-7-8-3-2-4-9(5-8)15(18)19/h2-5,10,13H,6-7H2,1H3. The van der Waals surface area contributed by atoms with E-state index in [4.69, 9.17) is 0 Å². The SMILES string of the molecule is CN1C(=O)CC(NCc2cccc([N+](=O)[O-])c2)C1=O. The molecule has 19 heavy (non-hydrogen) atoms. The summed E-state index contributed by atoms with van der Waals surface area (Å²) in [7, 11) is 1.44. The molecule has 0 radical (unpaired) electrons. The molecule has 1 fully saturated rings. The molecular weight excluding hydrogens is 250 g/mol. The molecule has 1 aliphatic rings. The predicted molar refractivity (Wildman–Crippen MR) is 66.1 cm³/mol. The number of carbonyl (C=O) groups excluding carboxylic acids is 2. The van der Waals surface area contributed by atoms with E-state index in [0.29, 0.717) is 12.1 Å². The molecule has 1 aromatic rings. The molecule has 1 unspecified atom stereocenters. The molecular formula is C12H13N3O4. The number of nitrogens with zero attached hydrogens (tertiary/aromatic N) is 2. The lowest BCUT2D eigenvalue weighted by molar-refractivity contribution is -0.384. The summed E-state index contributed by atoms with van der Waals surface area (Å²) in [5.41, 5.74) is 0.703. The Hall–Kier alpha value is -2.28. The Morgan fingerprint density at radius 1 is 1.47 bits per heavy atom. The summed E-state index contributed by atoms with van der Waals surface area (Å²) in [6.07, 6.45) is 0.129. The van der Waals surface area contributed by atoms with Crippen LogP contribution in [0.4, 0.5) is 5.69 Å². The number of benzene rings is 1. The van der Waals surface area contributed by atoms with Gasteiger partial charge in [0.1, 0.15) is 0 Å². The summed E-state index contributed by atoms with van der Waals surface area (Å²) in [6, 6.07) is 5.62. The number of nitro groups is 1. The number of rotatable bonds is 4. The second kappa shape index (κ2) is 5.15. The normalized spacial score (nSPS) is 19.0. The van der Waals surface area contributed by atoms with Crippen molar-refractivity contribution < 1.29 is 14.5 Å². The second-order valence-electron chi connectivity index (χ2n) is 4.36. The molecule has 0 spiro atoms. The van der Waals surface area contributed by atoms with Crippen LogP contribution in [-0.2, 0) is 16.1 Å². The molecule has 1 aliphatic heterocycles. The largest absolute Gasteiger partial charge is 0.301 e. The highest BCUT2D eigenvalue weighted by atomic mass is 16.6. The number of likely N-dealkylation sites (tertiary alicyclic amines) is 1. The molecule has 1 atom stereocenters. The molecule has 7 nitrogen and oxygen atoms in total. The fourth-order valence-electron chi connectivity index (χ4n) is 1.94. The molecule has 1 saturated heterocycles. The number of nitro benzene ring substituents is 1.